The first kappa shape index (κ1) is 44.7. The zero-order chi connectivity index (χ0) is 51.3. The van der Waals surface area contributed by atoms with E-state index in [0.717, 1.165) is 45.5 Å². The molecule has 3 heterocycles. The Hall–Kier alpha value is -9.52. The standard InChI is InChI=1S/C73H47N3S2/c1-5-22-48(23-6-1)54-30-15-19-37-65(54)74(49-24-7-2-8-25-49)52-41-43-59-60-44-45-64-71(72(60)78-69(59)47-52)76(51-28-11-4-12-29-51)70-63(73(64)61-34-17-13-31-55(61)56-32-14-18-35-62(56)73)36-21-38-66(70)75(50-26-9-3-10-27-50)53-40-42-58-57-33-16-20-39-67(57)77-68(58)46-53/h1-47H. The molecule has 0 saturated heterocycles. The highest BCUT2D eigenvalue weighted by Crippen LogP contribution is 2.67. The van der Waals surface area contributed by atoms with Gasteiger partial charge in [0.25, 0.3) is 0 Å². The number of fused-ring (bicyclic) bond motifs is 16. The number of thiophene rings is 2. The van der Waals surface area contributed by atoms with Gasteiger partial charge in [-0.2, -0.15) is 0 Å². The topological polar surface area (TPSA) is 9.72 Å². The van der Waals surface area contributed by atoms with Crippen LogP contribution in [0.4, 0.5) is 51.2 Å². The van der Waals surface area contributed by atoms with Crippen LogP contribution in [0.5, 0.6) is 0 Å². The summed E-state index contributed by atoms with van der Waals surface area (Å²) in [7, 11) is 0. The van der Waals surface area contributed by atoms with Gasteiger partial charge in [0, 0.05) is 69.6 Å². The van der Waals surface area contributed by atoms with E-state index in [1.807, 2.05) is 22.7 Å². The van der Waals surface area contributed by atoms with Gasteiger partial charge in [0.15, 0.2) is 0 Å². The van der Waals surface area contributed by atoms with Crippen LogP contribution >= 0.6 is 22.7 Å². The van der Waals surface area contributed by atoms with Gasteiger partial charge in [-0.25, -0.2) is 0 Å². The third-order valence-corrected chi connectivity index (χ3v) is 18.5. The largest absolute Gasteiger partial charge is 0.310 e. The summed E-state index contributed by atoms with van der Waals surface area (Å²) in [5.74, 6) is 0. The van der Waals surface area contributed by atoms with Crippen molar-refractivity contribution in [3.63, 3.8) is 0 Å². The number of hydrogen-bond acceptors (Lipinski definition) is 5. The monoisotopic (exact) mass is 1030 g/mol. The fraction of sp³-hybridized carbons (Fsp3) is 0.0137. The summed E-state index contributed by atoms with van der Waals surface area (Å²) < 4.78 is 5.04. The summed E-state index contributed by atoms with van der Waals surface area (Å²) in [4.78, 5) is 7.55. The van der Waals surface area contributed by atoms with Crippen molar-refractivity contribution in [2.45, 2.75) is 5.41 Å². The molecule has 0 N–H and O–H groups in total. The molecule has 1 aliphatic carbocycles. The van der Waals surface area contributed by atoms with Gasteiger partial charge in [0.1, 0.15) is 0 Å². The summed E-state index contributed by atoms with van der Waals surface area (Å²) in [5, 5.41) is 5.05. The summed E-state index contributed by atoms with van der Waals surface area (Å²) in [6.07, 6.45) is 0. The minimum atomic E-state index is -0.669. The molecule has 16 rings (SSSR count). The highest BCUT2D eigenvalue weighted by molar-refractivity contribution is 7.26. The fourth-order valence-electron chi connectivity index (χ4n) is 13.0. The van der Waals surface area contributed by atoms with Crippen molar-refractivity contribution in [3.8, 4) is 22.3 Å². The molecule has 12 aromatic carbocycles. The van der Waals surface area contributed by atoms with Crippen molar-refractivity contribution < 1.29 is 0 Å². The van der Waals surface area contributed by atoms with Crippen LogP contribution in [0.15, 0.2) is 285 Å². The highest BCUT2D eigenvalue weighted by Gasteiger charge is 2.53. The van der Waals surface area contributed by atoms with E-state index in [9.17, 15) is 0 Å². The molecule has 366 valence electrons. The Morgan fingerprint density at radius 1 is 0.295 bits per heavy atom. The molecule has 1 aliphatic heterocycles. The molecule has 0 saturated carbocycles. The minimum Gasteiger partial charge on any atom is -0.310 e. The molecule has 0 unspecified atom stereocenters. The Balaban J connectivity index is 1.00. The highest BCUT2D eigenvalue weighted by atomic mass is 32.1. The van der Waals surface area contributed by atoms with Gasteiger partial charge in [-0.3, -0.25) is 0 Å². The Labute approximate surface area is 461 Å². The predicted octanol–water partition coefficient (Wildman–Crippen LogP) is 21.2. The second-order valence-corrected chi connectivity index (χ2v) is 22.4. The lowest BCUT2D eigenvalue weighted by atomic mass is 9.64. The maximum absolute atomic E-state index is 2.62. The Morgan fingerprint density at radius 3 is 1.45 bits per heavy atom. The third-order valence-electron chi connectivity index (χ3n) is 16.2. The van der Waals surface area contributed by atoms with Crippen molar-refractivity contribution in [2.24, 2.45) is 0 Å². The zero-order valence-electron chi connectivity index (χ0n) is 42.3. The Kier molecular flexibility index (Phi) is 10.2. The van der Waals surface area contributed by atoms with E-state index in [2.05, 4.69) is 300 Å². The minimum absolute atomic E-state index is 0.669. The summed E-state index contributed by atoms with van der Waals surface area (Å²) >= 11 is 3.77. The van der Waals surface area contributed by atoms with E-state index in [1.54, 1.807) is 0 Å². The molecular formula is C73H47N3S2. The second-order valence-electron chi connectivity index (χ2n) is 20.3. The second kappa shape index (κ2) is 17.8. The Bertz CT molecular complexity index is 4600. The Morgan fingerprint density at radius 2 is 0.769 bits per heavy atom. The van der Waals surface area contributed by atoms with Crippen molar-refractivity contribution in [2.75, 3.05) is 14.7 Å². The lowest BCUT2D eigenvalue weighted by molar-refractivity contribution is 0.755. The molecule has 0 amide bonds. The van der Waals surface area contributed by atoms with E-state index in [1.165, 1.54) is 90.5 Å². The molecule has 1 spiro atoms. The summed E-state index contributed by atoms with van der Waals surface area (Å²) in [6, 6.07) is 106. The van der Waals surface area contributed by atoms with Crippen LogP contribution in [0.25, 0.3) is 62.6 Å². The van der Waals surface area contributed by atoms with E-state index >= 15 is 0 Å². The molecule has 0 fully saturated rings. The SMILES string of the molecule is c1ccc(-c2ccccc2N(c2ccccc2)c2ccc3c(c2)sc2c4c(ccc23)C2(c3ccccc3-c3ccccc32)c2cccc(N(c3ccccc3)c3ccc5c(c3)sc3ccccc35)c2N4c2ccccc2)cc1. The molecular weight excluding hydrogens is 983 g/mol. The van der Waals surface area contributed by atoms with Gasteiger partial charge < -0.3 is 14.7 Å². The first-order valence-electron chi connectivity index (χ1n) is 26.7. The smallest absolute Gasteiger partial charge is 0.0755 e. The van der Waals surface area contributed by atoms with Gasteiger partial charge in [0.05, 0.1) is 32.9 Å². The lowest BCUT2D eigenvalue weighted by Gasteiger charge is -2.47. The van der Waals surface area contributed by atoms with E-state index in [0.29, 0.717) is 0 Å². The average Bonchev–Trinajstić information content (AvgIpc) is 4.19. The van der Waals surface area contributed by atoms with Crippen molar-refractivity contribution in [3.05, 3.63) is 307 Å². The number of hydrogen-bond donors (Lipinski definition) is 0. The van der Waals surface area contributed by atoms with Crippen LogP contribution < -0.4 is 14.7 Å². The van der Waals surface area contributed by atoms with Gasteiger partial charge in [-0.05, 0) is 118 Å². The quantitative estimate of drug-likeness (QED) is 0.150. The molecule has 0 radical (unpaired) electrons. The maximum atomic E-state index is 2.62. The van der Waals surface area contributed by atoms with Crippen LogP contribution in [0.3, 0.4) is 0 Å². The number of anilines is 9. The van der Waals surface area contributed by atoms with Crippen molar-refractivity contribution in [1.29, 1.82) is 0 Å². The van der Waals surface area contributed by atoms with Crippen molar-refractivity contribution >= 4 is 114 Å². The van der Waals surface area contributed by atoms with Gasteiger partial charge in [-0.1, -0.05) is 206 Å². The van der Waals surface area contributed by atoms with Gasteiger partial charge in [0.2, 0.25) is 0 Å². The molecule has 78 heavy (non-hydrogen) atoms. The van der Waals surface area contributed by atoms with E-state index < -0.39 is 5.41 Å². The summed E-state index contributed by atoms with van der Waals surface area (Å²) in [6.45, 7) is 0. The van der Waals surface area contributed by atoms with Gasteiger partial charge >= 0.3 is 0 Å². The number of nitrogens with zero attached hydrogens (tertiary/aromatic N) is 3. The normalized spacial score (nSPS) is 12.9. The first-order valence-corrected chi connectivity index (χ1v) is 28.3. The van der Waals surface area contributed by atoms with Crippen molar-refractivity contribution in [1.82, 2.24) is 0 Å². The number of para-hydroxylation sites is 5. The maximum Gasteiger partial charge on any atom is 0.0755 e. The van der Waals surface area contributed by atoms with Crippen LogP contribution in [-0.2, 0) is 5.41 Å². The molecule has 2 aliphatic rings. The predicted molar refractivity (Wildman–Crippen MR) is 333 cm³/mol. The third kappa shape index (κ3) is 6.62. The lowest BCUT2D eigenvalue weighted by Crippen LogP contribution is -2.37. The summed E-state index contributed by atoms with van der Waals surface area (Å²) in [5.41, 5.74) is 19.5. The molecule has 14 aromatic rings. The van der Waals surface area contributed by atoms with E-state index in [4.69, 9.17) is 0 Å². The van der Waals surface area contributed by atoms with Crippen LogP contribution in [-0.4, -0.2) is 0 Å². The molecule has 5 heteroatoms. The van der Waals surface area contributed by atoms with E-state index in [-0.39, 0.29) is 0 Å². The van der Waals surface area contributed by atoms with Crippen LogP contribution in [0.1, 0.15) is 22.3 Å². The van der Waals surface area contributed by atoms with Crippen LogP contribution in [0.2, 0.25) is 0 Å². The molecule has 0 bridgehead atoms. The van der Waals surface area contributed by atoms with Crippen LogP contribution in [0, 0.1) is 0 Å². The molecule has 2 aromatic heterocycles. The zero-order valence-corrected chi connectivity index (χ0v) is 43.9. The first-order chi connectivity index (χ1) is 38.7. The average molecular weight is 1030 g/mol. The molecule has 3 nitrogen and oxygen atoms in total. The molecule has 0 atom stereocenters. The number of benzene rings is 12. The fourth-order valence-corrected chi connectivity index (χ4v) is 15.4. The number of rotatable bonds is 8. The van der Waals surface area contributed by atoms with Gasteiger partial charge in [-0.15, -0.1) is 22.7 Å².